The number of carbonyl (C=O) groups excluding carboxylic acids is 1. The normalized spacial score (nSPS) is 17.6. The van der Waals surface area contributed by atoms with Gasteiger partial charge in [0.2, 0.25) is 15.9 Å². The summed E-state index contributed by atoms with van der Waals surface area (Å²) in [6.45, 7) is 4.06. The third kappa shape index (κ3) is 4.49. The Morgan fingerprint density at radius 3 is 2.35 bits per heavy atom. The average molecular weight is 487 g/mol. The van der Waals surface area contributed by atoms with E-state index in [0.717, 1.165) is 18.5 Å². The van der Waals surface area contributed by atoms with E-state index in [1.54, 1.807) is 35.0 Å². The van der Waals surface area contributed by atoms with E-state index in [1.807, 2.05) is 4.90 Å². The van der Waals surface area contributed by atoms with Gasteiger partial charge in [-0.05, 0) is 55.3 Å². The smallest absolute Gasteiger partial charge is 0.243 e. The molecule has 11 heteroatoms. The molecule has 2 fully saturated rings. The maximum atomic E-state index is 13.1. The average Bonchev–Trinajstić information content (AvgIpc) is 3.54. The van der Waals surface area contributed by atoms with Crippen LogP contribution < -0.4 is 4.90 Å². The second-order valence-electron chi connectivity index (χ2n) is 8.67. The van der Waals surface area contributed by atoms with Crippen molar-refractivity contribution in [2.45, 2.75) is 30.7 Å². The van der Waals surface area contributed by atoms with Crippen LogP contribution in [0.15, 0.2) is 47.4 Å². The maximum absolute atomic E-state index is 13.1. The number of benzene rings is 2. The Balaban J connectivity index is 1.19. The molecule has 3 aromatic rings. The first-order chi connectivity index (χ1) is 16.4. The minimum atomic E-state index is -3.51. The molecule has 0 aliphatic carbocycles. The van der Waals surface area contributed by atoms with E-state index in [2.05, 4.69) is 15.2 Å². The number of hydrogen-bond acceptors (Lipinski definition) is 6. The van der Waals surface area contributed by atoms with E-state index in [0.29, 0.717) is 56.8 Å². The molecule has 0 saturated carbocycles. The van der Waals surface area contributed by atoms with Crippen molar-refractivity contribution in [2.24, 2.45) is 0 Å². The second kappa shape index (κ2) is 9.30. The molecule has 3 heterocycles. The lowest BCUT2D eigenvalue weighted by atomic mass is 10.2. The molecule has 9 nitrogen and oxygen atoms in total. The number of sulfonamides is 1. The van der Waals surface area contributed by atoms with Gasteiger partial charge in [0, 0.05) is 51.4 Å². The molecular formula is C23H27FN6O3S. The number of halogens is 1. The summed E-state index contributed by atoms with van der Waals surface area (Å²) in [4.78, 5) is 17.0. The Labute approximate surface area is 197 Å². The number of hydrogen-bond donors (Lipinski definition) is 0. The van der Waals surface area contributed by atoms with Gasteiger partial charge in [-0.2, -0.15) is 4.31 Å². The molecule has 0 radical (unpaired) electrons. The number of amides is 1. The highest BCUT2D eigenvalue weighted by atomic mass is 32.2. The number of fused-ring (bicyclic) bond motifs is 1. The van der Waals surface area contributed by atoms with Gasteiger partial charge in [0.15, 0.2) is 0 Å². The highest BCUT2D eigenvalue weighted by Crippen LogP contribution is 2.24. The molecule has 2 aromatic carbocycles. The van der Waals surface area contributed by atoms with Crippen LogP contribution in [0, 0.1) is 5.82 Å². The van der Waals surface area contributed by atoms with Crippen molar-refractivity contribution in [2.75, 3.05) is 44.2 Å². The quantitative estimate of drug-likeness (QED) is 0.530. The molecule has 0 unspecified atom stereocenters. The van der Waals surface area contributed by atoms with E-state index in [-0.39, 0.29) is 23.0 Å². The third-order valence-corrected chi connectivity index (χ3v) is 8.44. The number of aryl methyl sites for hydroxylation is 1. The number of aromatic nitrogens is 3. The van der Waals surface area contributed by atoms with Crippen LogP contribution in [0.3, 0.4) is 0 Å². The fourth-order valence-corrected chi connectivity index (χ4v) is 6.12. The summed E-state index contributed by atoms with van der Waals surface area (Å²) in [7, 11) is -3.51. The first kappa shape index (κ1) is 22.7. The van der Waals surface area contributed by atoms with E-state index >= 15 is 0 Å². The molecule has 0 spiro atoms. The minimum absolute atomic E-state index is 0.0376. The zero-order valence-electron chi connectivity index (χ0n) is 18.8. The standard InChI is InChI=1S/C23H27FN6O3S/c24-18-3-5-19(6-4-18)27-13-15-28(16-14-27)23(31)9-12-30-22-8-7-20(17-21(22)25-26-30)34(32,33)29-10-1-2-11-29/h3-8,17H,1-2,9-16H2. The Bertz CT molecular complexity index is 1280. The highest BCUT2D eigenvalue weighted by Gasteiger charge is 2.28. The summed E-state index contributed by atoms with van der Waals surface area (Å²) in [6, 6.07) is 11.3. The van der Waals surface area contributed by atoms with Crippen molar-refractivity contribution in [3.05, 3.63) is 48.3 Å². The van der Waals surface area contributed by atoms with E-state index in [1.165, 1.54) is 16.4 Å². The van der Waals surface area contributed by atoms with Crippen LogP contribution in [0.2, 0.25) is 0 Å². The van der Waals surface area contributed by atoms with Gasteiger partial charge in [0.05, 0.1) is 17.0 Å². The molecule has 180 valence electrons. The lowest BCUT2D eigenvalue weighted by Crippen LogP contribution is -2.49. The van der Waals surface area contributed by atoms with Crippen molar-refractivity contribution in [3.63, 3.8) is 0 Å². The SMILES string of the molecule is O=C(CCn1nnc2cc(S(=O)(=O)N3CCCC3)ccc21)N1CCN(c2ccc(F)cc2)CC1. The fraction of sp³-hybridized carbons (Fsp3) is 0.435. The van der Waals surface area contributed by atoms with Gasteiger partial charge in [-0.25, -0.2) is 17.5 Å². The summed E-state index contributed by atoms with van der Waals surface area (Å²) in [6.07, 6.45) is 2.04. The summed E-state index contributed by atoms with van der Waals surface area (Å²) >= 11 is 0. The van der Waals surface area contributed by atoms with Crippen molar-refractivity contribution in [1.82, 2.24) is 24.2 Å². The second-order valence-corrected chi connectivity index (χ2v) is 10.6. The number of carbonyl (C=O) groups is 1. The lowest BCUT2D eigenvalue weighted by molar-refractivity contribution is -0.131. The van der Waals surface area contributed by atoms with E-state index in [4.69, 9.17) is 0 Å². The van der Waals surface area contributed by atoms with Gasteiger partial charge in [-0.15, -0.1) is 5.10 Å². The predicted octanol–water partition coefficient (Wildman–Crippen LogP) is 2.09. The minimum Gasteiger partial charge on any atom is -0.368 e. The van der Waals surface area contributed by atoms with Crippen LogP contribution in [-0.2, 0) is 21.4 Å². The third-order valence-electron chi connectivity index (χ3n) is 6.55. The van der Waals surface area contributed by atoms with Gasteiger partial charge in [0.25, 0.3) is 0 Å². The summed E-state index contributed by atoms with van der Waals surface area (Å²) < 4.78 is 41.9. The van der Waals surface area contributed by atoms with Crippen LogP contribution in [-0.4, -0.2) is 77.8 Å². The summed E-state index contributed by atoms with van der Waals surface area (Å²) in [5, 5.41) is 8.27. The number of piperazine rings is 1. The highest BCUT2D eigenvalue weighted by molar-refractivity contribution is 7.89. The largest absolute Gasteiger partial charge is 0.368 e. The van der Waals surface area contributed by atoms with Crippen LogP contribution in [0.25, 0.3) is 11.0 Å². The Morgan fingerprint density at radius 2 is 1.65 bits per heavy atom. The number of anilines is 1. The Hall–Kier alpha value is -3.05. The molecule has 5 rings (SSSR count). The zero-order chi connectivity index (χ0) is 23.7. The molecule has 0 atom stereocenters. The van der Waals surface area contributed by atoms with E-state index < -0.39 is 10.0 Å². The maximum Gasteiger partial charge on any atom is 0.243 e. The molecule has 2 aliphatic rings. The molecule has 2 aliphatic heterocycles. The number of rotatable bonds is 6. The van der Waals surface area contributed by atoms with Crippen molar-refractivity contribution in [1.29, 1.82) is 0 Å². The van der Waals surface area contributed by atoms with Gasteiger partial charge < -0.3 is 9.80 Å². The van der Waals surface area contributed by atoms with Crippen molar-refractivity contribution >= 4 is 32.7 Å². The van der Waals surface area contributed by atoms with Gasteiger partial charge in [-0.3, -0.25) is 4.79 Å². The summed E-state index contributed by atoms with van der Waals surface area (Å²) in [5.74, 6) is -0.224. The van der Waals surface area contributed by atoms with Gasteiger partial charge >= 0.3 is 0 Å². The van der Waals surface area contributed by atoms with E-state index in [9.17, 15) is 17.6 Å². The monoisotopic (exact) mass is 486 g/mol. The van der Waals surface area contributed by atoms with Crippen LogP contribution in [0.5, 0.6) is 0 Å². The van der Waals surface area contributed by atoms with Crippen molar-refractivity contribution in [3.8, 4) is 0 Å². The van der Waals surface area contributed by atoms with Crippen LogP contribution in [0.4, 0.5) is 10.1 Å². The van der Waals surface area contributed by atoms with Gasteiger partial charge in [-0.1, -0.05) is 5.21 Å². The molecule has 34 heavy (non-hydrogen) atoms. The van der Waals surface area contributed by atoms with Gasteiger partial charge in [0.1, 0.15) is 11.3 Å². The molecule has 1 aromatic heterocycles. The Kier molecular flexibility index (Phi) is 6.22. The fourth-order valence-electron chi connectivity index (χ4n) is 4.58. The molecule has 1 amide bonds. The topological polar surface area (TPSA) is 91.6 Å². The molecular weight excluding hydrogens is 459 g/mol. The van der Waals surface area contributed by atoms with Crippen molar-refractivity contribution < 1.29 is 17.6 Å². The Morgan fingerprint density at radius 1 is 0.941 bits per heavy atom. The van der Waals surface area contributed by atoms with Crippen LogP contribution in [0.1, 0.15) is 19.3 Å². The lowest BCUT2D eigenvalue weighted by Gasteiger charge is -2.36. The van der Waals surface area contributed by atoms with Crippen LogP contribution >= 0.6 is 0 Å². The number of nitrogens with zero attached hydrogens (tertiary/aromatic N) is 6. The molecule has 0 bridgehead atoms. The zero-order valence-corrected chi connectivity index (χ0v) is 19.6. The first-order valence-corrected chi connectivity index (χ1v) is 13.0. The molecule has 2 saturated heterocycles. The molecule has 0 N–H and O–H groups in total. The summed E-state index contributed by atoms with van der Waals surface area (Å²) in [5.41, 5.74) is 2.16. The first-order valence-electron chi connectivity index (χ1n) is 11.5. The predicted molar refractivity (Wildman–Crippen MR) is 125 cm³/mol.